The summed E-state index contributed by atoms with van der Waals surface area (Å²) in [6.45, 7) is -0.0492. The number of rotatable bonds is 10. The molecule has 0 saturated carbocycles. The largest absolute Gasteiger partial charge is 0.311 e. The fourth-order valence-corrected chi connectivity index (χ4v) is 13.2. The lowest BCUT2D eigenvalue weighted by atomic mass is 9.33. The van der Waals surface area contributed by atoms with Gasteiger partial charge in [-0.1, -0.05) is 224 Å². The highest BCUT2D eigenvalue weighted by Crippen LogP contribution is 2.48. The van der Waals surface area contributed by atoms with Crippen molar-refractivity contribution < 1.29 is 0 Å². The van der Waals surface area contributed by atoms with Gasteiger partial charge in [0.2, 0.25) is 0 Å². The molecule has 2 aliphatic rings. The lowest BCUT2D eigenvalue weighted by Crippen LogP contribution is -2.61. The van der Waals surface area contributed by atoms with E-state index in [1.54, 1.807) is 0 Å². The number of para-hydroxylation sites is 6. The van der Waals surface area contributed by atoms with E-state index in [9.17, 15) is 0 Å². The lowest BCUT2D eigenvalue weighted by molar-refractivity contribution is 1.06. The molecule has 0 N–H and O–H groups in total. The first-order chi connectivity index (χ1) is 43.7. The Morgan fingerprint density at radius 2 is 0.648 bits per heavy atom. The maximum atomic E-state index is 5.62. The van der Waals surface area contributed by atoms with Crippen LogP contribution in [0.25, 0.3) is 107 Å². The molecule has 10 heteroatoms. The fraction of sp³-hybridized carbons (Fsp3) is 0. The Labute approximate surface area is 509 Å². The Balaban J connectivity index is 0.899. The van der Waals surface area contributed by atoms with Gasteiger partial charge in [-0.15, -0.1) is 0 Å². The predicted molar refractivity (Wildman–Crippen MR) is 360 cm³/mol. The normalized spacial score (nSPS) is 12.2. The van der Waals surface area contributed by atoms with E-state index in [-0.39, 0.29) is 6.71 Å². The predicted octanol–water partition coefficient (Wildman–Crippen LogP) is 16.9. The molecule has 12 aromatic carbocycles. The zero-order valence-corrected chi connectivity index (χ0v) is 47.5. The molecule has 0 radical (unpaired) electrons. The first-order valence-corrected chi connectivity index (χ1v) is 29.6. The first-order valence-electron chi connectivity index (χ1n) is 29.6. The molecule has 0 fully saturated rings. The van der Waals surface area contributed by atoms with Crippen molar-refractivity contribution in [2.24, 2.45) is 0 Å². The Morgan fingerprint density at radius 3 is 1.19 bits per heavy atom. The van der Waals surface area contributed by atoms with Gasteiger partial charge in [0.25, 0.3) is 6.71 Å². The Bertz CT molecular complexity index is 5050. The summed E-state index contributed by atoms with van der Waals surface area (Å²) in [4.78, 5) is 36.9. The molecular weight excluding hydrogens is 1070 g/mol. The third-order valence-electron chi connectivity index (χ3n) is 17.1. The van der Waals surface area contributed by atoms with Gasteiger partial charge in [-0.3, -0.25) is 0 Å². The van der Waals surface area contributed by atoms with E-state index < -0.39 is 0 Å². The molecule has 17 rings (SSSR count). The Hall–Kier alpha value is -11.9. The van der Waals surface area contributed by atoms with E-state index in [4.69, 9.17) is 29.9 Å². The van der Waals surface area contributed by atoms with Crippen LogP contribution >= 0.6 is 0 Å². The van der Waals surface area contributed by atoms with E-state index in [1.165, 1.54) is 22.1 Å². The summed E-state index contributed by atoms with van der Waals surface area (Å²) in [6.07, 6.45) is 0. The first kappa shape index (κ1) is 50.6. The van der Waals surface area contributed by atoms with Gasteiger partial charge in [0.05, 0.1) is 22.4 Å². The van der Waals surface area contributed by atoms with Crippen LogP contribution in [-0.4, -0.2) is 41.2 Å². The highest BCUT2D eigenvalue weighted by Gasteiger charge is 2.44. The summed E-state index contributed by atoms with van der Waals surface area (Å²) in [5.41, 5.74) is 20.6. The summed E-state index contributed by atoms with van der Waals surface area (Å²) < 4.78 is 2.33. The monoisotopic (exact) mass is 1120 g/mol. The molecule has 88 heavy (non-hydrogen) atoms. The molecular formula is C78H50BN9. The van der Waals surface area contributed by atoms with Crippen molar-refractivity contribution >= 4 is 79.0 Å². The van der Waals surface area contributed by atoms with Crippen LogP contribution in [0.1, 0.15) is 0 Å². The molecule has 410 valence electrons. The van der Waals surface area contributed by atoms with Gasteiger partial charge in [-0.2, -0.15) is 0 Å². The van der Waals surface area contributed by atoms with E-state index in [0.717, 1.165) is 100 Å². The molecule has 0 unspecified atom stereocenters. The standard InChI is InChI=1S/C78H50BN9/c1-6-25-51(26-7-1)73-80-74(52-27-8-2-9-28-52)82-77(81-73)56-45-47-67(88-65-41-20-16-37-60(65)61-38-17-21-42-66(61)88)62(50-56)78-84-75(53-29-10-3-11-30-53)83-76(85-78)55-32-24-31-54(49-55)59-46-48-70-71-72(59)87(58-35-14-5-15-36-58)69-44-23-19-40-64(69)79(71)63-39-18-22-43-68(63)86(70)57-33-12-4-13-34-57/h1-50H. The summed E-state index contributed by atoms with van der Waals surface area (Å²) in [7, 11) is 0. The number of hydrogen-bond acceptors (Lipinski definition) is 8. The molecule has 0 atom stereocenters. The number of benzene rings is 12. The van der Waals surface area contributed by atoms with Crippen molar-refractivity contribution in [3.8, 4) is 85.1 Å². The highest BCUT2D eigenvalue weighted by atomic mass is 15.2. The average Bonchev–Trinajstić information content (AvgIpc) is 0.849. The second-order valence-corrected chi connectivity index (χ2v) is 22.2. The lowest BCUT2D eigenvalue weighted by Gasteiger charge is -2.45. The number of aromatic nitrogens is 7. The van der Waals surface area contributed by atoms with Crippen molar-refractivity contribution in [2.45, 2.75) is 0 Å². The van der Waals surface area contributed by atoms with E-state index in [2.05, 4.69) is 239 Å². The second kappa shape index (κ2) is 21.0. The number of hydrogen-bond donors (Lipinski definition) is 0. The van der Waals surface area contributed by atoms with Crippen LogP contribution in [-0.2, 0) is 0 Å². The van der Waals surface area contributed by atoms with Gasteiger partial charge in [0, 0.05) is 78.2 Å². The minimum absolute atomic E-state index is 0.0492. The van der Waals surface area contributed by atoms with Gasteiger partial charge in [0.15, 0.2) is 34.9 Å². The van der Waals surface area contributed by atoms with Crippen LogP contribution in [0.15, 0.2) is 303 Å². The molecule has 0 aliphatic carbocycles. The molecule has 0 saturated heterocycles. The molecule has 0 bridgehead atoms. The maximum absolute atomic E-state index is 5.62. The molecule has 5 heterocycles. The minimum Gasteiger partial charge on any atom is -0.311 e. The van der Waals surface area contributed by atoms with E-state index in [0.29, 0.717) is 34.9 Å². The molecule has 0 amide bonds. The second-order valence-electron chi connectivity index (χ2n) is 22.2. The van der Waals surface area contributed by atoms with Crippen LogP contribution in [0.4, 0.5) is 34.1 Å². The fourth-order valence-electron chi connectivity index (χ4n) is 13.2. The third kappa shape index (κ3) is 8.49. The average molecular weight is 1120 g/mol. The Morgan fingerprint density at radius 1 is 0.250 bits per heavy atom. The van der Waals surface area contributed by atoms with Crippen molar-refractivity contribution in [1.29, 1.82) is 0 Å². The highest BCUT2D eigenvalue weighted by molar-refractivity contribution is 7.00. The summed E-state index contributed by atoms with van der Waals surface area (Å²) in [5.74, 6) is 3.23. The van der Waals surface area contributed by atoms with Crippen molar-refractivity contribution in [3.63, 3.8) is 0 Å². The molecule has 9 nitrogen and oxygen atoms in total. The maximum Gasteiger partial charge on any atom is 0.252 e. The number of nitrogens with zero attached hydrogens (tertiary/aromatic N) is 9. The van der Waals surface area contributed by atoms with Gasteiger partial charge in [-0.05, 0) is 101 Å². The van der Waals surface area contributed by atoms with Crippen molar-refractivity contribution in [1.82, 2.24) is 34.5 Å². The van der Waals surface area contributed by atoms with Crippen LogP contribution in [0, 0.1) is 0 Å². The molecule has 0 spiro atoms. The van der Waals surface area contributed by atoms with Gasteiger partial charge >= 0.3 is 0 Å². The molecule has 3 aromatic heterocycles. The van der Waals surface area contributed by atoms with Gasteiger partial charge in [0.1, 0.15) is 0 Å². The zero-order chi connectivity index (χ0) is 58.1. The summed E-state index contributed by atoms with van der Waals surface area (Å²) in [6, 6.07) is 107. The zero-order valence-electron chi connectivity index (χ0n) is 47.5. The van der Waals surface area contributed by atoms with E-state index >= 15 is 0 Å². The number of anilines is 6. The van der Waals surface area contributed by atoms with Crippen LogP contribution in [0.2, 0.25) is 0 Å². The molecule has 2 aliphatic heterocycles. The third-order valence-corrected chi connectivity index (χ3v) is 17.1. The number of fused-ring (bicyclic) bond motifs is 7. The van der Waals surface area contributed by atoms with Crippen molar-refractivity contribution in [3.05, 3.63) is 303 Å². The topological polar surface area (TPSA) is 88.8 Å². The van der Waals surface area contributed by atoms with Crippen molar-refractivity contribution in [2.75, 3.05) is 9.80 Å². The van der Waals surface area contributed by atoms with E-state index in [1.807, 2.05) is 78.9 Å². The Kier molecular flexibility index (Phi) is 12.1. The van der Waals surface area contributed by atoms with Crippen LogP contribution in [0.5, 0.6) is 0 Å². The summed E-state index contributed by atoms with van der Waals surface area (Å²) in [5, 5.41) is 2.28. The summed E-state index contributed by atoms with van der Waals surface area (Å²) >= 11 is 0. The van der Waals surface area contributed by atoms with Crippen LogP contribution < -0.4 is 26.2 Å². The minimum atomic E-state index is -0.0492. The SMILES string of the molecule is c1ccc(-c2nc(-c3ccccc3)nc(-c3ccc(-n4c5ccccc5c5ccccc54)c(-c4nc(-c5ccccc5)nc(-c5cccc(-c6ccc7c8c6N(c6ccccc6)c6ccccc6B8c6ccccc6N7c6ccccc6)c5)n4)c3)n2)cc1. The quantitative estimate of drug-likeness (QED) is 0.125. The van der Waals surface area contributed by atoms with Gasteiger partial charge in [-0.25, -0.2) is 29.9 Å². The smallest absolute Gasteiger partial charge is 0.252 e. The van der Waals surface area contributed by atoms with Crippen LogP contribution in [0.3, 0.4) is 0 Å². The van der Waals surface area contributed by atoms with Gasteiger partial charge < -0.3 is 14.4 Å². The molecule has 15 aromatic rings.